The van der Waals surface area contributed by atoms with Gasteiger partial charge < -0.3 is 14.6 Å². The summed E-state index contributed by atoms with van der Waals surface area (Å²) >= 11 is 0. The third kappa shape index (κ3) is 2.25. The summed E-state index contributed by atoms with van der Waals surface area (Å²) in [7, 11) is 0. The number of aliphatic hydroxyl groups is 1. The van der Waals surface area contributed by atoms with Gasteiger partial charge in [-0.05, 0) is 30.5 Å². The average Bonchev–Trinajstić information content (AvgIpc) is 2.62. The van der Waals surface area contributed by atoms with E-state index in [9.17, 15) is 9.50 Å². The van der Waals surface area contributed by atoms with Crippen LogP contribution in [-0.2, 0) is 10.2 Å². The summed E-state index contributed by atoms with van der Waals surface area (Å²) < 4.78 is 25.8. The van der Waals surface area contributed by atoms with Crippen LogP contribution in [0, 0.1) is 18.7 Å². The number of hydrogen-bond donors (Lipinski definition) is 1. The maximum absolute atomic E-state index is 14.5. The molecular formula is C20H21FO3. The van der Waals surface area contributed by atoms with Crippen LogP contribution in [0.3, 0.4) is 0 Å². The second kappa shape index (κ2) is 5.87. The van der Waals surface area contributed by atoms with Crippen LogP contribution in [0.5, 0.6) is 5.75 Å². The van der Waals surface area contributed by atoms with E-state index >= 15 is 0 Å². The lowest BCUT2D eigenvalue weighted by atomic mass is 9.64. The molecule has 1 saturated heterocycles. The van der Waals surface area contributed by atoms with E-state index in [4.69, 9.17) is 9.47 Å². The Morgan fingerprint density at radius 3 is 2.71 bits per heavy atom. The molecule has 126 valence electrons. The van der Waals surface area contributed by atoms with Crippen LogP contribution < -0.4 is 4.74 Å². The molecule has 2 aliphatic rings. The van der Waals surface area contributed by atoms with Gasteiger partial charge >= 0.3 is 0 Å². The predicted molar refractivity (Wildman–Crippen MR) is 89.8 cm³/mol. The lowest BCUT2D eigenvalue weighted by Gasteiger charge is -2.47. The summed E-state index contributed by atoms with van der Waals surface area (Å²) in [6.07, 6.45) is 0.673. The number of halogens is 1. The van der Waals surface area contributed by atoms with Gasteiger partial charge in [0.2, 0.25) is 0 Å². The van der Waals surface area contributed by atoms with Crippen molar-refractivity contribution in [3.63, 3.8) is 0 Å². The molecule has 0 saturated carbocycles. The molecule has 2 aromatic carbocycles. The van der Waals surface area contributed by atoms with Gasteiger partial charge in [0.05, 0.1) is 19.8 Å². The second-order valence-electron chi connectivity index (χ2n) is 6.81. The van der Waals surface area contributed by atoms with Crippen molar-refractivity contribution in [2.75, 3.05) is 26.4 Å². The minimum Gasteiger partial charge on any atom is -0.490 e. The summed E-state index contributed by atoms with van der Waals surface area (Å²) in [4.78, 5) is 0. The normalized spacial score (nSPS) is 25.5. The van der Waals surface area contributed by atoms with Gasteiger partial charge in [0, 0.05) is 23.5 Å². The van der Waals surface area contributed by atoms with Crippen LogP contribution in [-0.4, -0.2) is 31.5 Å². The SMILES string of the molecule is Cc1ccc(-c2ccc(F)c3c2C2(CO)CCOCC2CO3)cc1. The van der Waals surface area contributed by atoms with Crippen molar-refractivity contribution < 1.29 is 19.0 Å². The fourth-order valence-electron chi connectivity index (χ4n) is 4.02. The van der Waals surface area contributed by atoms with Crippen molar-refractivity contribution in [1.82, 2.24) is 0 Å². The fraction of sp³-hybridized carbons (Fsp3) is 0.400. The summed E-state index contributed by atoms with van der Waals surface area (Å²) in [6.45, 7) is 3.49. The molecule has 0 amide bonds. The van der Waals surface area contributed by atoms with E-state index in [0.717, 1.165) is 16.7 Å². The van der Waals surface area contributed by atoms with Crippen LogP contribution in [0.25, 0.3) is 11.1 Å². The molecule has 4 rings (SSSR count). The van der Waals surface area contributed by atoms with Gasteiger partial charge in [0.1, 0.15) is 0 Å². The zero-order chi connectivity index (χ0) is 16.7. The fourth-order valence-corrected chi connectivity index (χ4v) is 4.02. The number of ether oxygens (including phenoxy) is 2. The van der Waals surface area contributed by atoms with E-state index in [-0.39, 0.29) is 18.3 Å². The zero-order valence-electron chi connectivity index (χ0n) is 13.7. The van der Waals surface area contributed by atoms with Crippen molar-refractivity contribution in [2.24, 2.45) is 5.92 Å². The van der Waals surface area contributed by atoms with E-state index in [1.165, 1.54) is 11.6 Å². The molecule has 0 bridgehead atoms. The molecular weight excluding hydrogens is 307 g/mol. The first kappa shape index (κ1) is 15.6. The molecule has 24 heavy (non-hydrogen) atoms. The molecule has 1 N–H and O–H groups in total. The Kier molecular flexibility index (Phi) is 3.82. The van der Waals surface area contributed by atoms with Crippen molar-refractivity contribution in [3.05, 3.63) is 53.3 Å². The highest BCUT2D eigenvalue weighted by Crippen LogP contribution is 2.51. The zero-order valence-corrected chi connectivity index (χ0v) is 13.7. The highest BCUT2D eigenvalue weighted by Gasteiger charge is 2.49. The summed E-state index contributed by atoms with van der Waals surface area (Å²) in [5.41, 5.74) is 3.42. The van der Waals surface area contributed by atoms with E-state index in [2.05, 4.69) is 0 Å². The first-order valence-corrected chi connectivity index (χ1v) is 8.37. The highest BCUT2D eigenvalue weighted by molar-refractivity contribution is 5.73. The monoisotopic (exact) mass is 328 g/mol. The molecule has 1 fully saturated rings. The number of benzene rings is 2. The van der Waals surface area contributed by atoms with Crippen LogP contribution in [0.2, 0.25) is 0 Å². The second-order valence-corrected chi connectivity index (χ2v) is 6.81. The Balaban J connectivity index is 1.96. The Morgan fingerprint density at radius 1 is 1.17 bits per heavy atom. The van der Waals surface area contributed by atoms with Crippen LogP contribution in [0.1, 0.15) is 17.5 Å². The van der Waals surface area contributed by atoms with E-state index in [1.807, 2.05) is 31.2 Å². The number of fused-ring (bicyclic) bond motifs is 3. The minimum absolute atomic E-state index is 0.0281. The quantitative estimate of drug-likeness (QED) is 0.917. The van der Waals surface area contributed by atoms with E-state index in [1.54, 1.807) is 6.07 Å². The smallest absolute Gasteiger partial charge is 0.165 e. The standard InChI is InChI=1S/C20H21FO3/c1-13-2-4-14(5-3-13)16-6-7-17(21)19-18(16)20(12-22)8-9-23-10-15(20)11-24-19/h2-7,15,22H,8-12H2,1H3. The van der Waals surface area contributed by atoms with Gasteiger partial charge in [-0.3, -0.25) is 0 Å². The van der Waals surface area contributed by atoms with Crippen molar-refractivity contribution in [3.8, 4) is 16.9 Å². The van der Waals surface area contributed by atoms with Crippen LogP contribution in [0.4, 0.5) is 4.39 Å². The van der Waals surface area contributed by atoms with E-state index in [0.29, 0.717) is 32.0 Å². The van der Waals surface area contributed by atoms with Gasteiger partial charge in [0.15, 0.2) is 11.6 Å². The Labute approximate surface area is 141 Å². The molecule has 0 aromatic heterocycles. The Bertz CT molecular complexity index is 756. The Morgan fingerprint density at radius 2 is 1.96 bits per heavy atom. The van der Waals surface area contributed by atoms with Crippen LogP contribution >= 0.6 is 0 Å². The van der Waals surface area contributed by atoms with Gasteiger partial charge in [0.25, 0.3) is 0 Å². The average molecular weight is 328 g/mol. The van der Waals surface area contributed by atoms with Crippen molar-refractivity contribution in [2.45, 2.75) is 18.8 Å². The minimum atomic E-state index is -0.506. The molecule has 0 spiro atoms. The Hall–Kier alpha value is -1.91. The number of aryl methyl sites for hydroxylation is 1. The summed E-state index contributed by atoms with van der Waals surface area (Å²) in [5, 5.41) is 10.3. The maximum Gasteiger partial charge on any atom is 0.165 e. The first-order valence-electron chi connectivity index (χ1n) is 8.37. The molecule has 2 heterocycles. The predicted octanol–water partition coefficient (Wildman–Crippen LogP) is 3.46. The third-order valence-corrected chi connectivity index (χ3v) is 5.47. The third-order valence-electron chi connectivity index (χ3n) is 5.47. The number of aliphatic hydroxyl groups excluding tert-OH is 1. The lowest BCUT2D eigenvalue weighted by Crippen LogP contribution is -2.51. The van der Waals surface area contributed by atoms with Gasteiger partial charge in [-0.2, -0.15) is 0 Å². The molecule has 2 aromatic rings. The number of hydrogen-bond acceptors (Lipinski definition) is 3. The van der Waals surface area contributed by atoms with Gasteiger partial charge in [-0.1, -0.05) is 35.9 Å². The first-order chi connectivity index (χ1) is 11.7. The molecule has 4 heteroatoms. The topological polar surface area (TPSA) is 38.7 Å². The largest absolute Gasteiger partial charge is 0.490 e. The molecule has 0 radical (unpaired) electrons. The molecule has 2 aliphatic heterocycles. The lowest BCUT2D eigenvalue weighted by molar-refractivity contribution is -0.0533. The van der Waals surface area contributed by atoms with Crippen molar-refractivity contribution in [1.29, 1.82) is 0 Å². The summed E-state index contributed by atoms with van der Waals surface area (Å²) in [6, 6.07) is 11.4. The maximum atomic E-state index is 14.5. The van der Waals surface area contributed by atoms with Crippen molar-refractivity contribution >= 4 is 0 Å². The van der Waals surface area contributed by atoms with Gasteiger partial charge in [-0.25, -0.2) is 4.39 Å². The molecule has 2 unspecified atom stereocenters. The number of rotatable bonds is 2. The molecule has 3 nitrogen and oxygen atoms in total. The molecule has 0 aliphatic carbocycles. The molecule has 2 atom stereocenters. The highest BCUT2D eigenvalue weighted by atomic mass is 19.1. The summed E-state index contributed by atoms with van der Waals surface area (Å²) in [5.74, 6) is -0.0337. The van der Waals surface area contributed by atoms with Crippen LogP contribution in [0.15, 0.2) is 36.4 Å². The van der Waals surface area contributed by atoms with Gasteiger partial charge in [-0.15, -0.1) is 0 Å². The van der Waals surface area contributed by atoms with E-state index < -0.39 is 5.41 Å².